The van der Waals surface area contributed by atoms with Crippen LogP contribution in [-0.2, 0) is 0 Å². The summed E-state index contributed by atoms with van der Waals surface area (Å²) in [6, 6.07) is 6.37. The summed E-state index contributed by atoms with van der Waals surface area (Å²) < 4.78 is 0. The standard InChI is InChI=1S/C11H14ClNO4/c12-9-4-2-1-3-8(9)10(17)13-11(5-14,6-15)7-16/h1-4,14-16H,5-7H2,(H,13,17). The maximum atomic E-state index is 11.8. The Kier molecular flexibility index (Phi) is 4.89. The fourth-order valence-electron chi connectivity index (χ4n) is 1.22. The van der Waals surface area contributed by atoms with Gasteiger partial charge in [-0.1, -0.05) is 23.7 Å². The summed E-state index contributed by atoms with van der Waals surface area (Å²) in [6.45, 7) is -1.72. The third-order valence-corrected chi connectivity index (χ3v) is 2.73. The number of halogens is 1. The van der Waals surface area contributed by atoms with E-state index in [4.69, 9.17) is 26.9 Å². The number of aliphatic hydroxyl groups excluding tert-OH is 3. The Morgan fingerprint density at radius 2 is 1.71 bits per heavy atom. The summed E-state index contributed by atoms with van der Waals surface area (Å²) in [7, 11) is 0. The van der Waals surface area contributed by atoms with Crippen molar-refractivity contribution in [3.05, 3.63) is 34.9 Å². The highest BCUT2D eigenvalue weighted by Gasteiger charge is 2.30. The van der Waals surface area contributed by atoms with Crippen LogP contribution in [0.25, 0.3) is 0 Å². The van der Waals surface area contributed by atoms with Gasteiger partial charge in [0.2, 0.25) is 0 Å². The molecule has 17 heavy (non-hydrogen) atoms. The molecule has 0 spiro atoms. The number of carbonyl (C=O) groups is 1. The third kappa shape index (κ3) is 3.17. The molecule has 4 N–H and O–H groups in total. The Morgan fingerprint density at radius 1 is 1.18 bits per heavy atom. The topological polar surface area (TPSA) is 89.8 Å². The molecule has 5 nitrogen and oxygen atoms in total. The number of aliphatic hydroxyl groups is 3. The molecule has 0 atom stereocenters. The average molecular weight is 260 g/mol. The first kappa shape index (κ1) is 13.9. The van der Waals surface area contributed by atoms with Crippen molar-refractivity contribution < 1.29 is 20.1 Å². The molecule has 0 unspecified atom stereocenters. The van der Waals surface area contributed by atoms with Crippen molar-refractivity contribution >= 4 is 17.5 Å². The molecule has 0 aliphatic heterocycles. The van der Waals surface area contributed by atoms with Gasteiger partial charge in [0, 0.05) is 0 Å². The van der Waals surface area contributed by atoms with Gasteiger partial charge >= 0.3 is 0 Å². The first-order chi connectivity index (χ1) is 8.08. The van der Waals surface area contributed by atoms with Crippen LogP contribution in [0.2, 0.25) is 5.02 Å². The maximum absolute atomic E-state index is 11.8. The Balaban J connectivity index is 2.89. The van der Waals surface area contributed by atoms with Crippen LogP contribution in [0.3, 0.4) is 0 Å². The number of nitrogens with one attached hydrogen (secondary N) is 1. The lowest BCUT2D eigenvalue weighted by Crippen LogP contribution is -2.57. The lowest BCUT2D eigenvalue weighted by Gasteiger charge is -2.28. The summed E-state index contributed by atoms with van der Waals surface area (Å²) in [5.41, 5.74) is -1.23. The number of hydrogen-bond acceptors (Lipinski definition) is 4. The number of hydrogen-bond donors (Lipinski definition) is 4. The molecular weight excluding hydrogens is 246 g/mol. The van der Waals surface area contributed by atoms with Crippen LogP contribution in [0.4, 0.5) is 0 Å². The van der Waals surface area contributed by atoms with Crippen molar-refractivity contribution in [2.24, 2.45) is 0 Å². The van der Waals surface area contributed by atoms with Gasteiger partial charge in [-0.3, -0.25) is 4.79 Å². The minimum absolute atomic E-state index is 0.217. The van der Waals surface area contributed by atoms with E-state index in [1.807, 2.05) is 0 Å². The summed E-state index contributed by atoms with van der Waals surface area (Å²) >= 11 is 5.83. The molecule has 0 saturated heterocycles. The van der Waals surface area contributed by atoms with E-state index < -0.39 is 31.3 Å². The van der Waals surface area contributed by atoms with Gasteiger partial charge in [0.15, 0.2) is 0 Å². The van der Waals surface area contributed by atoms with E-state index >= 15 is 0 Å². The Bertz CT molecular complexity index is 385. The highest BCUT2D eigenvalue weighted by molar-refractivity contribution is 6.33. The van der Waals surface area contributed by atoms with Crippen molar-refractivity contribution in [1.29, 1.82) is 0 Å². The van der Waals surface area contributed by atoms with Gasteiger partial charge in [-0.2, -0.15) is 0 Å². The van der Waals surface area contributed by atoms with E-state index in [2.05, 4.69) is 5.32 Å². The van der Waals surface area contributed by atoms with Crippen molar-refractivity contribution in [2.75, 3.05) is 19.8 Å². The fourth-order valence-corrected chi connectivity index (χ4v) is 1.44. The first-order valence-corrected chi connectivity index (χ1v) is 5.36. The van der Waals surface area contributed by atoms with Crippen LogP contribution >= 0.6 is 11.6 Å². The van der Waals surface area contributed by atoms with Gasteiger partial charge in [0.1, 0.15) is 5.54 Å². The average Bonchev–Trinajstić information content (AvgIpc) is 2.36. The molecule has 0 fully saturated rings. The number of carbonyl (C=O) groups excluding carboxylic acids is 1. The van der Waals surface area contributed by atoms with Gasteiger partial charge in [-0.05, 0) is 12.1 Å². The second kappa shape index (κ2) is 5.97. The van der Waals surface area contributed by atoms with Crippen LogP contribution in [0.5, 0.6) is 0 Å². The van der Waals surface area contributed by atoms with Crippen molar-refractivity contribution in [3.63, 3.8) is 0 Å². The number of benzene rings is 1. The first-order valence-electron chi connectivity index (χ1n) is 4.98. The molecule has 0 aromatic heterocycles. The minimum atomic E-state index is -1.45. The Labute approximate surface area is 104 Å². The highest BCUT2D eigenvalue weighted by Crippen LogP contribution is 2.15. The zero-order valence-electron chi connectivity index (χ0n) is 9.06. The molecule has 1 rings (SSSR count). The fraction of sp³-hybridized carbons (Fsp3) is 0.364. The van der Waals surface area contributed by atoms with E-state index in [1.54, 1.807) is 18.2 Å². The van der Waals surface area contributed by atoms with Crippen molar-refractivity contribution in [2.45, 2.75) is 5.54 Å². The minimum Gasteiger partial charge on any atom is -0.394 e. The molecule has 0 saturated carbocycles. The number of rotatable bonds is 5. The molecule has 0 bridgehead atoms. The van der Waals surface area contributed by atoms with Gasteiger partial charge < -0.3 is 20.6 Å². The normalized spacial score (nSPS) is 11.3. The van der Waals surface area contributed by atoms with Crippen molar-refractivity contribution in [3.8, 4) is 0 Å². The van der Waals surface area contributed by atoms with Crippen LogP contribution < -0.4 is 5.32 Å². The second-order valence-electron chi connectivity index (χ2n) is 3.69. The van der Waals surface area contributed by atoms with Gasteiger partial charge in [0.05, 0.1) is 30.4 Å². The molecule has 0 aliphatic rings. The largest absolute Gasteiger partial charge is 0.394 e. The Hall–Kier alpha value is -1.14. The van der Waals surface area contributed by atoms with Crippen LogP contribution in [0, 0.1) is 0 Å². The summed E-state index contributed by atoms with van der Waals surface area (Å²) in [4.78, 5) is 11.8. The molecule has 0 radical (unpaired) electrons. The third-order valence-electron chi connectivity index (χ3n) is 2.41. The van der Waals surface area contributed by atoms with Crippen LogP contribution in [0.1, 0.15) is 10.4 Å². The SMILES string of the molecule is O=C(NC(CO)(CO)CO)c1ccccc1Cl. The zero-order valence-corrected chi connectivity index (χ0v) is 9.81. The zero-order chi connectivity index (χ0) is 12.9. The van der Waals surface area contributed by atoms with E-state index in [0.717, 1.165) is 0 Å². The molecule has 94 valence electrons. The Morgan fingerprint density at radius 3 is 2.18 bits per heavy atom. The lowest BCUT2D eigenvalue weighted by molar-refractivity contribution is 0.0375. The summed E-state index contributed by atoms with van der Waals surface area (Å²) in [5, 5.41) is 29.8. The van der Waals surface area contributed by atoms with E-state index in [9.17, 15) is 4.79 Å². The lowest BCUT2D eigenvalue weighted by atomic mass is 10.0. The molecule has 1 aromatic carbocycles. The monoisotopic (exact) mass is 259 g/mol. The van der Waals surface area contributed by atoms with Crippen LogP contribution in [-0.4, -0.2) is 46.6 Å². The predicted molar refractivity (Wildman–Crippen MR) is 62.9 cm³/mol. The molecule has 0 heterocycles. The maximum Gasteiger partial charge on any atom is 0.253 e. The summed E-state index contributed by atoms with van der Waals surface area (Å²) in [5.74, 6) is -0.562. The highest BCUT2D eigenvalue weighted by atomic mass is 35.5. The summed E-state index contributed by atoms with van der Waals surface area (Å²) in [6.07, 6.45) is 0. The van der Waals surface area contributed by atoms with E-state index in [-0.39, 0.29) is 10.6 Å². The quantitative estimate of drug-likeness (QED) is 0.589. The second-order valence-corrected chi connectivity index (χ2v) is 4.10. The molecule has 6 heteroatoms. The van der Waals surface area contributed by atoms with Crippen molar-refractivity contribution in [1.82, 2.24) is 5.32 Å². The van der Waals surface area contributed by atoms with E-state index in [0.29, 0.717) is 0 Å². The molecular formula is C11H14ClNO4. The van der Waals surface area contributed by atoms with Gasteiger partial charge in [0.25, 0.3) is 5.91 Å². The van der Waals surface area contributed by atoms with Crippen LogP contribution in [0.15, 0.2) is 24.3 Å². The predicted octanol–water partition coefficient (Wildman–Crippen LogP) is -0.214. The van der Waals surface area contributed by atoms with Gasteiger partial charge in [-0.15, -0.1) is 0 Å². The van der Waals surface area contributed by atoms with E-state index in [1.165, 1.54) is 6.07 Å². The molecule has 0 aliphatic carbocycles. The number of amides is 1. The molecule has 1 amide bonds. The smallest absolute Gasteiger partial charge is 0.253 e. The molecule has 1 aromatic rings. The van der Waals surface area contributed by atoms with Gasteiger partial charge in [-0.25, -0.2) is 0 Å².